The highest BCUT2D eigenvalue weighted by Crippen LogP contribution is 2.26. The van der Waals surface area contributed by atoms with Crippen molar-refractivity contribution >= 4 is 32.4 Å². The van der Waals surface area contributed by atoms with Crippen molar-refractivity contribution in [2.24, 2.45) is 0 Å². The number of anilines is 1. The summed E-state index contributed by atoms with van der Waals surface area (Å²) in [6, 6.07) is 0. The minimum Gasteiger partial charge on any atom is -0.376 e. The molecule has 1 fully saturated rings. The zero-order valence-corrected chi connectivity index (χ0v) is 13.9. The van der Waals surface area contributed by atoms with Gasteiger partial charge in [0.05, 0.1) is 18.1 Å². The Balaban J connectivity index is 2.05. The van der Waals surface area contributed by atoms with E-state index in [9.17, 15) is 13.2 Å². The van der Waals surface area contributed by atoms with Gasteiger partial charge < -0.3 is 10.1 Å². The second-order valence-electron chi connectivity index (χ2n) is 4.99. The molecule has 0 spiro atoms. The van der Waals surface area contributed by atoms with Crippen LogP contribution in [0, 0.1) is 6.92 Å². The lowest BCUT2D eigenvalue weighted by atomic mass is 10.2. The number of aromatic nitrogens is 1. The van der Waals surface area contributed by atoms with Crippen molar-refractivity contribution < 1.29 is 17.9 Å². The lowest BCUT2D eigenvalue weighted by Crippen LogP contribution is -2.31. The lowest BCUT2D eigenvalue weighted by molar-refractivity contribution is 0.0860. The zero-order valence-electron chi connectivity index (χ0n) is 12.2. The van der Waals surface area contributed by atoms with Gasteiger partial charge in [-0.25, -0.2) is 17.7 Å². The van der Waals surface area contributed by atoms with Crippen molar-refractivity contribution in [3.05, 3.63) is 10.6 Å². The molecule has 1 aliphatic heterocycles. The van der Waals surface area contributed by atoms with Crippen molar-refractivity contribution in [3.63, 3.8) is 0 Å². The second-order valence-corrected chi connectivity index (χ2v) is 7.98. The smallest absolute Gasteiger partial charge is 0.263 e. The fourth-order valence-electron chi connectivity index (χ4n) is 1.96. The van der Waals surface area contributed by atoms with E-state index < -0.39 is 10.0 Å². The van der Waals surface area contributed by atoms with Gasteiger partial charge in [0.2, 0.25) is 10.0 Å². The summed E-state index contributed by atoms with van der Waals surface area (Å²) in [5.74, 6) is -0.242. The first-order valence-corrected chi connectivity index (χ1v) is 9.26. The number of nitrogens with zero attached hydrogens (tertiary/aromatic N) is 2. The maximum Gasteiger partial charge on any atom is 0.263 e. The van der Waals surface area contributed by atoms with E-state index in [2.05, 4.69) is 10.3 Å². The van der Waals surface area contributed by atoms with Crippen molar-refractivity contribution in [2.45, 2.75) is 25.9 Å². The number of carbonyl (C=O) groups excluding carboxylic acids is 1. The molecular formula is C12H19N3O4S2. The van der Waals surface area contributed by atoms with Crippen LogP contribution in [0.5, 0.6) is 0 Å². The third kappa shape index (κ3) is 3.92. The number of rotatable bonds is 5. The summed E-state index contributed by atoms with van der Waals surface area (Å²) < 4.78 is 29.5. The van der Waals surface area contributed by atoms with Crippen LogP contribution >= 0.6 is 11.3 Å². The number of aryl methyl sites for hydroxylation is 1. The molecule has 1 atom stereocenters. The van der Waals surface area contributed by atoms with E-state index in [4.69, 9.17) is 4.74 Å². The van der Waals surface area contributed by atoms with E-state index in [1.54, 1.807) is 6.92 Å². The highest BCUT2D eigenvalue weighted by Gasteiger charge is 2.22. The second kappa shape index (κ2) is 6.29. The van der Waals surface area contributed by atoms with E-state index in [1.165, 1.54) is 7.05 Å². The van der Waals surface area contributed by atoms with Crippen LogP contribution in [0.1, 0.15) is 28.2 Å². The quantitative estimate of drug-likeness (QED) is 0.859. The van der Waals surface area contributed by atoms with Crippen LogP contribution in [0.3, 0.4) is 0 Å². The summed E-state index contributed by atoms with van der Waals surface area (Å²) >= 11 is 1.07. The largest absolute Gasteiger partial charge is 0.376 e. The highest BCUT2D eigenvalue weighted by molar-refractivity contribution is 7.92. The summed E-state index contributed by atoms with van der Waals surface area (Å²) in [5.41, 5.74) is 0.523. The summed E-state index contributed by atoms with van der Waals surface area (Å²) in [6.45, 7) is 2.90. The standard InChI is InChI=1S/C12H19N3O4S2/c1-8-10(11(16)13-7-9-5-4-6-19-9)20-12(14-8)15(2)21(3,17)18/h9H,4-7H2,1-3H3,(H,13,16)/t9-/m0/s1. The van der Waals surface area contributed by atoms with Crippen LogP contribution in [0.2, 0.25) is 0 Å². The third-order valence-corrected chi connectivity index (χ3v) is 5.79. The molecular weight excluding hydrogens is 314 g/mol. The minimum atomic E-state index is -3.38. The van der Waals surface area contributed by atoms with Crippen LogP contribution in [0.15, 0.2) is 0 Å². The van der Waals surface area contributed by atoms with E-state index in [0.717, 1.165) is 41.3 Å². The molecule has 1 saturated heterocycles. The van der Waals surface area contributed by atoms with Crippen LogP contribution in [0.4, 0.5) is 5.13 Å². The average molecular weight is 333 g/mol. The molecule has 2 rings (SSSR count). The van der Waals surface area contributed by atoms with Crippen LogP contribution < -0.4 is 9.62 Å². The Labute approximate surface area is 128 Å². The molecule has 0 bridgehead atoms. The Morgan fingerprint density at radius 3 is 2.86 bits per heavy atom. The summed E-state index contributed by atoms with van der Waals surface area (Å²) in [6.07, 6.45) is 3.13. The van der Waals surface area contributed by atoms with E-state index in [-0.39, 0.29) is 17.1 Å². The predicted octanol–water partition coefficient (Wildman–Crippen LogP) is 0.756. The first-order chi connectivity index (χ1) is 9.79. The Bertz CT molecular complexity index is 620. The molecule has 9 heteroatoms. The normalized spacial score (nSPS) is 18.7. The number of thiazole rings is 1. The fourth-order valence-corrected chi connectivity index (χ4v) is 3.66. The Kier molecular flexibility index (Phi) is 4.84. The average Bonchev–Trinajstić information content (AvgIpc) is 3.03. The van der Waals surface area contributed by atoms with Crippen molar-refractivity contribution in [3.8, 4) is 0 Å². The summed E-state index contributed by atoms with van der Waals surface area (Å²) in [5, 5.41) is 3.10. The van der Waals surface area contributed by atoms with Gasteiger partial charge in [-0.15, -0.1) is 0 Å². The van der Waals surface area contributed by atoms with Gasteiger partial charge in [-0.3, -0.25) is 4.79 Å². The molecule has 0 aliphatic carbocycles. The first-order valence-electron chi connectivity index (χ1n) is 6.60. The van der Waals surface area contributed by atoms with Crippen LogP contribution in [0.25, 0.3) is 0 Å². The zero-order chi connectivity index (χ0) is 15.6. The van der Waals surface area contributed by atoms with Gasteiger partial charge in [0.15, 0.2) is 5.13 Å². The van der Waals surface area contributed by atoms with Gasteiger partial charge in [-0.1, -0.05) is 11.3 Å². The Morgan fingerprint density at radius 1 is 1.57 bits per heavy atom. The maximum absolute atomic E-state index is 12.1. The monoisotopic (exact) mass is 333 g/mol. The number of nitrogens with one attached hydrogen (secondary N) is 1. The molecule has 118 valence electrons. The number of hydrogen-bond donors (Lipinski definition) is 1. The van der Waals surface area contributed by atoms with Crippen molar-refractivity contribution in [1.82, 2.24) is 10.3 Å². The molecule has 1 aromatic rings. The van der Waals surface area contributed by atoms with Gasteiger partial charge in [0.25, 0.3) is 5.91 Å². The minimum absolute atomic E-state index is 0.0698. The first kappa shape index (κ1) is 16.2. The van der Waals surface area contributed by atoms with E-state index in [0.29, 0.717) is 17.1 Å². The van der Waals surface area contributed by atoms with Gasteiger partial charge in [0, 0.05) is 20.2 Å². The SMILES string of the molecule is Cc1nc(N(C)S(C)(=O)=O)sc1C(=O)NC[C@@H]1CCCO1. The fraction of sp³-hybridized carbons (Fsp3) is 0.667. The highest BCUT2D eigenvalue weighted by atomic mass is 32.2. The molecule has 1 N–H and O–H groups in total. The number of hydrogen-bond acceptors (Lipinski definition) is 6. The summed E-state index contributed by atoms with van der Waals surface area (Å²) in [7, 11) is -1.96. The topological polar surface area (TPSA) is 88.6 Å². The van der Waals surface area contributed by atoms with Gasteiger partial charge in [0.1, 0.15) is 4.88 Å². The molecule has 0 aromatic carbocycles. The molecule has 1 aliphatic rings. The van der Waals surface area contributed by atoms with Crippen LogP contribution in [-0.2, 0) is 14.8 Å². The van der Waals surface area contributed by atoms with Gasteiger partial charge in [-0.05, 0) is 19.8 Å². The predicted molar refractivity (Wildman–Crippen MR) is 81.4 cm³/mol. The number of ether oxygens (including phenoxy) is 1. The van der Waals surface area contributed by atoms with Crippen LogP contribution in [-0.4, -0.2) is 51.9 Å². The summed E-state index contributed by atoms with van der Waals surface area (Å²) in [4.78, 5) is 16.7. The van der Waals surface area contributed by atoms with E-state index in [1.807, 2.05) is 0 Å². The third-order valence-electron chi connectivity index (χ3n) is 3.27. The number of amides is 1. The van der Waals surface area contributed by atoms with Gasteiger partial charge in [-0.2, -0.15) is 0 Å². The molecule has 21 heavy (non-hydrogen) atoms. The van der Waals surface area contributed by atoms with Crippen molar-refractivity contribution in [1.29, 1.82) is 0 Å². The van der Waals surface area contributed by atoms with E-state index >= 15 is 0 Å². The lowest BCUT2D eigenvalue weighted by Gasteiger charge is -2.11. The number of carbonyl (C=O) groups is 1. The molecule has 7 nitrogen and oxygen atoms in total. The Hall–Kier alpha value is -1.19. The molecule has 0 radical (unpaired) electrons. The van der Waals surface area contributed by atoms with Crippen molar-refractivity contribution in [2.75, 3.05) is 30.8 Å². The number of sulfonamides is 1. The Morgan fingerprint density at radius 2 is 2.29 bits per heavy atom. The van der Waals surface area contributed by atoms with Gasteiger partial charge >= 0.3 is 0 Å². The molecule has 2 heterocycles. The maximum atomic E-state index is 12.1. The molecule has 1 amide bonds. The molecule has 0 unspecified atom stereocenters. The molecule has 1 aromatic heterocycles. The molecule has 0 saturated carbocycles.